The number of nitrogen functional groups attached to an aromatic ring is 1. The molecular weight excluding hydrogens is 240 g/mol. The van der Waals surface area contributed by atoms with Crippen molar-refractivity contribution in [3.8, 4) is 17.0 Å². The van der Waals surface area contributed by atoms with Gasteiger partial charge in [0.25, 0.3) is 0 Å². The molecule has 0 spiro atoms. The highest BCUT2D eigenvalue weighted by Gasteiger charge is 2.31. The van der Waals surface area contributed by atoms with E-state index in [0.29, 0.717) is 11.6 Å². The number of hydrogen-bond acceptors (Lipinski definition) is 5. The average molecular weight is 256 g/mol. The van der Waals surface area contributed by atoms with Crippen LogP contribution >= 0.6 is 0 Å². The van der Waals surface area contributed by atoms with Crippen molar-refractivity contribution in [3.63, 3.8) is 0 Å². The van der Waals surface area contributed by atoms with Crippen molar-refractivity contribution < 1.29 is 4.74 Å². The Balaban J connectivity index is 2.39. The number of rotatable bonds is 1. The van der Waals surface area contributed by atoms with Crippen LogP contribution in [0.15, 0.2) is 24.5 Å². The van der Waals surface area contributed by atoms with Crippen molar-refractivity contribution >= 4 is 11.5 Å². The number of ether oxygens (including phenoxy) is 1. The molecule has 1 aliphatic heterocycles. The van der Waals surface area contributed by atoms with E-state index in [0.717, 1.165) is 16.9 Å². The van der Waals surface area contributed by atoms with Gasteiger partial charge in [0, 0.05) is 18.8 Å². The molecule has 98 valence electrons. The number of pyridine rings is 2. The average Bonchev–Trinajstić information content (AvgIpc) is 2.44. The van der Waals surface area contributed by atoms with Crippen LogP contribution < -0.4 is 15.4 Å². The fourth-order valence-corrected chi connectivity index (χ4v) is 2.61. The van der Waals surface area contributed by atoms with E-state index in [2.05, 4.69) is 27.9 Å². The number of hydrogen-bond donors (Lipinski definition) is 1. The molecule has 0 aliphatic carbocycles. The van der Waals surface area contributed by atoms with Gasteiger partial charge < -0.3 is 15.4 Å². The Bertz CT molecular complexity index is 641. The Morgan fingerprint density at radius 2 is 2.16 bits per heavy atom. The number of fused-ring (bicyclic) bond motifs is 3. The van der Waals surface area contributed by atoms with Gasteiger partial charge in [-0.2, -0.15) is 0 Å². The van der Waals surface area contributed by atoms with Crippen molar-refractivity contribution in [1.29, 1.82) is 0 Å². The lowest BCUT2D eigenvalue weighted by atomic mass is 9.93. The second kappa shape index (κ2) is 4.12. The van der Waals surface area contributed by atoms with Gasteiger partial charge in [0.1, 0.15) is 11.6 Å². The van der Waals surface area contributed by atoms with E-state index in [-0.39, 0.29) is 6.04 Å². The SMILES string of the molecule is COc1cnc(N)c2c1-c1ncccc1C(C)N2C. The molecule has 1 unspecified atom stereocenters. The molecule has 1 atom stereocenters. The van der Waals surface area contributed by atoms with Crippen LogP contribution in [0.1, 0.15) is 18.5 Å². The van der Waals surface area contributed by atoms with Crippen LogP contribution in [-0.2, 0) is 0 Å². The summed E-state index contributed by atoms with van der Waals surface area (Å²) < 4.78 is 5.42. The van der Waals surface area contributed by atoms with E-state index in [4.69, 9.17) is 10.5 Å². The lowest BCUT2D eigenvalue weighted by Crippen LogP contribution is -2.28. The van der Waals surface area contributed by atoms with Gasteiger partial charge in [0.2, 0.25) is 0 Å². The summed E-state index contributed by atoms with van der Waals surface area (Å²) in [6.07, 6.45) is 3.44. The zero-order chi connectivity index (χ0) is 13.6. The van der Waals surface area contributed by atoms with Crippen molar-refractivity contribution in [2.24, 2.45) is 0 Å². The zero-order valence-electron chi connectivity index (χ0n) is 11.2. The van der Waals surface area contributed by atoms with Gasteiger partial charge in [-0.25, -0.2) is 4.98 Å². The second-order valence-corrected chi connectivity index (χ2v) is 4.66. The van der Waals surface area contributed by atoms with Gasteiger partial charge >= 0.3 is 0 Å². The van der Waals surface area contributed by atoms with Crippen LogP contribution in [0.5, 0.6) is 5.75 Å². The Morgan fingerprint density at radius 3 is 2.89 bits per heavy atom. The van der Waals surface area contributed by atoms with E-state index in [1.54, 1.807) is 19.5 Å². The van der Waals surface area contributed by atoms with Crippen LogP contribution in [-0.4, -0.2) is 24.1 Å². The summed E-state index contributed by atoms with van der Waals surface area (Å²) in [6, 6.07) is 4.24. The van der Waals surface area contributed by atoms with Gasteiger partial charge in [-0.15, -0.1) is 0 Å². The summed E-state index contributed by atoms with van der Waals surface area (Å²) in [7, 11) is 3.64. The highest BCUT2D eigenvalue weighted by molar-refractivity contribution is 5.91. The first-order valence-corrected chi connectivity index (χ1v) is 6.15. The topological polar surface area (TPSA) is 64.3 Å². The van der Waals surface area contributed by atoms with E-state index in [1.165, 1.54) is 5.56 Å². The van der Waals surface area contributed by atoms with Gasteiger partial charge in [0.15, 0.2) is 0 Å². The number of methoxy groups -OCH3 is 1. The van der Waals surface area contributed by atoms with E-state index in [9.17, 15) is 0 Å². The molecule has 0 fully saturated rings. The maximum atomic E-state index is 6.04. The molecule has 3 heterocycles. The summed E-state index contributed by atoms with van der Waals surface area (Å²) in [6.45, 7) is 2.13. The van der Waals surface area contributed by atoms with Crippen LogP contribution in [0.2, 0.25) is 0 Å². The third kappa shape index (κ3) is 1.54. The van der Waals surface area contributed by atoms with Crippen molar-refractivity contribution in [2.45, 2.75) is 13.0 Å². The summed E-state index contributed by atoms with van der Waals surface area (Å²) in [4.78, 5) is 10.8. The zero-order valence-corrected chi connectivity index (χ0v) is 11.2. The first-order valence-electron chi connectivity index (χ1n) is 6.15. The Morgan fingerprint density at radius 1 is 1.37 bits per heavy atom. The Kier molecular flexibility index (Phi) is 2.55. The predicted octanol–water partition coefficient (Wildman–Crippen LogP) is 2.25. The minimum Gasteiger partial charge on any atom is -0.494 e. The minimum absolute atomic E-state index is 0.201. The molecule has 2 aromatic heterocycles. The molecule has 3 rings (SSSR count). The number of nitrogens with two attached hydrogens (primary N) is 1. The van der Waals surface area contributed by atoms with Gasteiger partial charge in [-0.05, 0) is 13.0 Å². The molecule has 2 N–H and O–H groups in total. The molecule has 0 saturated carbocycles. The fraction of sp³-hybridized carbons (Fsp3) is 0.286. The van der Waals surface area contributed by atoms with Crippen molar-refractivity contribution in [3.05, 3.63) is 30.1 Å². The summed E-state index contributed by atoms with van der Waals surface area (Å²) in [5, 5.41) is 0. The second-order valence-electron chi connectivity index (χ2n) is 4.66. The molecule has 5 heteroatoms. The summed E-state index contributed by atoms with van der Waals surface area (Å²) >= 11 is 0. The van der Waals surface area contributed by atoms with Gasteiger partial charge in [-0.1, -0.05) is 6.07 Å². The normalized spacial score (nSPS) is 16.8. The lowest BCUT2D eigenvalue weighted by molar-refractivity contribution is 0.414. The largest absolute Gasteiger partial charge is 0.494 e. The third-order valence-corrected chi connectivity index (χ3v) is 3.73. The smallest absolute Gasteiger partial charge is 0.148 e. The molecule has 5 nitrogen and oxygen atoms in total. The quantitative estimate of drug-likeness (QED) is 0.847. The number of aromatic nitrogens is 2. The van der Waals surface area contributed by atoms with Crippen LogP contribution in [0.25, 0.3) is 11.3 Å². The van der Waals surface area contributed by atoms with Gasteiger partial charge in [0.05, 0.1) is 36.3 Å². The van der Waals surface area contributed by atoms with Gasteiger partial charge in [-0.3, -0.25) is 4.98 Å². The van der Waals surface area contributed by atoms with E-state index >= 15 is 0 Å². The molecule has 0 bridgehead atoms. The molecule has 0 saturated heterocycles. The van der Waals surface area contributed by atoms with E-state index in [1.807, 2.05) is 13.1 Å². The van der Waals surface area contributed by atoms with Crippen LogP contribution in [0, 0.1) is 0 Å². The molecule has 0 aromatic carbocycles. The standard InChI is InChI=1S/C14H16N4O/c1-8-9-5-4-6-16-12(9)11-10(19-3)7-17-14(15)13(11)18(8)2/h4-8H,1-3H3,(H2,15,17). The first-order chi connectivity index (χ1) is 9.15. The molecule has 0 radical (unpaired) electrons. The number of nitrogens with zero attached hydrogens (tertiary/aromatic N) is 3. The first kappa shape index (κ1) is 11.8. The minimum atomic E-state index is 0.201. The molecule has 1 aliphatic rings. The molecular formula is C14H16N4O. The predicted molar refractivity (Wildman–Crippen MR) is 75.3 cm³/mol. The summed E-state index contributed by atoms with van der Waals surface area (Å²) in [5.74, 6) is 1.20. The van der Waals surface area contributed by atoms with E-state index < -0.39 is 0 Å². The molecule has 2 aromatic rings. The van der Waals surface area contributed by atoms with Crippen LogP contribution in [0.4, 0.5) is 11.5 Å². The highest BCUT2D eigenvalue weighted by Crippen LogP contribution is 2.48. The molecule has 0 amide bonds. The maximum absolute atomic E-state index is 6.04. The summed E-state index contributed by atoms with van der Waals surface area (Å²) in [5.41, 5.74) is 9.94. The fourth-order valence-electron chi connectivity index (χ4n) is 2.61. The Hall–Kier alpha value is -2.30. The van der Waals surface area contributed by atoms with Crippen LogP contribution in [0.3, 0.4) is 0 Å². The van der Waals surface area contributed by atoms with Crippen molar-refractivity contribution in [2.75, 3.05) is 24.8 Å². The Labute approximate surface area is 112 Å². The number of anilines is 2. The highest BCUT2D eigenvalue weighted by atomic mass is 16.5. The molecule has 19 heavy (non-hydrogen) atoms. The third-order valence-electron chi connectivity index (χ3n) is 3.73. The van der Waals surface area contributed by atoms with Crippen molar-refractivity contribution in [1.82, 2.24) is 9.97 Å². The monoisotopic (exact) mass is 256 g/mol. The lowest BCUT2D eigenvalue weighted by Gasteiger charge is -2.35. The maximum Gasteiger partial charge on any atom is 0.148 e.